The topological polar surface area (TPSA) is 50.4 Å². The van der Waals surface area contributed by atoms with Gasteiger partial charge in [-0.15, -0.1) is 0 Å². The first-order valence-electron chi connectivity index (χ1n) is 6.48. The molecule has 1 aliphatic heterocycles. The average molecular weight is 248 g/mol. The van der Waals surface area contributed by atoms with Gasteiger partial charge in [0, 0.05) is 5.69 Å². The van der Waals surface area contributed by atoms with E-state index in [0.29, 0.717) is 0 Å². The van der Waals surface area contributed by atoms with Crippen molar-refractivity contribution in [3.05, 3.63) is 24.3 Å². The molecule has 98 valence electrons. The monoisotopic (exact) mass is 248 g/mol. The molecule has 1 saturated heterocycles. The number of ether oxygens (including phenoxy) is 1. The third-order valence-electron chi connectivity index (χ3n) is 3.23. The lowest BCUT2D eigenvalue weighted by Crippen LogP contribution is -2.39. The minimum atomic E-state index is -0.0606. The van der Waals surface area contributed by atoms with Crippen LogP contribution in [0, 0.1) is 0 Å². The second-order valence-corrected chi connectivity index (χ2v) is 4.57. The average Bonchev–Trinajstić information content (AvgIpc) is 2.68. The molecule has 18 heavy (non-hydrogen) atoms. The first-order valence-corrected chi connectivity index (χ1v) is 6.48. The molecular formula is C14H20N2O2. The van der Waals surface area contributed by atoms with Crippen LogP contribution in [-0.2, 0) is 4.79 Å². The maximum atomic E-state index is 12.1. The largest absolute Gasteiger partial charge is 0.497 e. The molecule has 0 aliphatic carbocycles. The van der Waals surface area contributed by atoms with Crippen LogP contribution in [0.15, 0.2) is 24.3 Å². The van der Waals surface area contributed by atoms with E-state index in [1.54, 1.807) is 7.11 Å². The number of carbonyl (C=O) groups is 1. The molecule has 1 amide bonds. The van der Waals surface area contributed by atoms with Crippen LogP contribution < -0.4 is 15.4 Å². The highest BCUT2D eigenvalue weighted by Gasteiger charge is 2.19. The van der Waals surface area contributed by atoms with Gasteiger partial charge in [-0.3, -0.25) is 4.79 Å². The van der Waals surface area contributed by atoms with Crippen LogP contribution in [0.1, 0.15) is 25.7 Å². The van der Waals surface area contributed by atoms with Gasteiger partial charge in [-0.1, -0.05) is 12.8 Å². The van der Waals surface area contributed by atoms with E-state index < -0.39 is 0 Å². The molecular weight excluding hydrogens is 228 g/mol. The number of carbonyl (C=O) groups excluding carboxylic acids is 1. The molecule has 4 nitrogen and oxygen atoms in total. The lowest BCUT2D eigenvalue weighted by molar-refractivity contribution is -0.118. The molecule has 0 bridgehead atoms. The molecule has 2 N–H and O–H groups in total. The predicted molar refractivity (Wildman–Crippen MR) is 71.9 cm³/mol. The standard InChI is InChI=1S/C14H20N2O2/c1-18-12-8-6-11(7-9-12)16-14(17)13-5-3-2-4-10-15-13/h6-9,13,15H,2-5,10H2,1H3,(H,16,17). The molecule has 2 rings (SSSR count). The quantitative estimate of drug-likeness (QED) is 0.862. The summed E-state index contributed by atoms with van der Waals surface area (Å²) in [5.41, 5.74) is 0.812. The molecule has 4 heteroatoms. The maximum absolute atomic E-state index is 12.1. The smallest absolute Gasteiger partial charge is 0.241 e. The van der Waals surface area contributed by atoms with Crippen LogP contribution in [0.5, 0.6) is 5.75 Å². The van der Waals surface area contributed by atoms with Crippen molar-refractivity contribution in [2.75, 3.05) is 19.0 Å². The lowest BCUT2D eigenvalue weighted by Gasteiger charge is -2.15. The summed E-state index contributed by atoms with van der Waals surface area (Å²) in [5, 5.41) is 6.22. The fourth-order valence-electron chi connectivity index (χ4n) is 2.16. The Hall–Kier alpha value is -1.55. The molecule has 1 unspecified atom stereocenters. The Labute approximate surface area is 108 Å². The number of methoxy groups -OCH3 is 1. The van der Waals surface area contributed by atoms with E-state index in [2.05, 4.69) is 10.6 Å². The van der Waals surface area contributed by atoms with E-state index in [1.807, 2.05) is 24.3 Å². The van der Waals surface area contributed by atoms with Crippen LogP contribution in [-0.4, -0.2) is 25.6 Å². The lowest BCUT2D eigenvalue weighted by atomic mass is 10.1. The first-order chi connectivity index (χ1) is 8.79. The molecule has 1 atom stereocenters. The molecule has 0 radical (unpaired) electrons. The third kappa shape index (κ3) is 3.47. The van der Waals surface area contributed by atoms with E-state index >= 15 is 0 Å². The molecule has 1 heterocycles. The van der Waals surface area contributed by atoms with Gasteiger partial charge in [-0.25, -0.2) is 0 Å². The summed E-state index contributed by atoms with van der Waals surface area (Å²) in [7, 11) is 1.63. The SMILES string of the molecule is COc1ccc(NC(=O)C2CCCCCN2)cc1. The zero-order chi connectivity index (χ0) is 12.8. The van der Waals surface area contributed by atoms with Crippen molar-refractivity contribution in [3.63, 3.8) is 0 Å². The zero-order valence-electron chi connectivity index (χ0n) is 10.7. The Balaban J connectivity index is 1.92. The van der Waals surface area contributed by atoms with Gasteiger partial charge in [0.15, 0.2) is 0 Å². The highest BCUT2D eigenvalue weighted by atomic mass is 16.5. The van der Waals surface area contributed by atoms with Crippen LogP contribution in [0.2, 0.25) is 0 Å². The Morgan fingerprint density at radius 3 is 2.78 bits per heavy atom. The van der Waals surface area contributed by atoms with Crippen LogP contribution in [0.4, 0.5) is 5.69 Å². The first kappa shape index (κ1) is 12.9. The van der Waals surface area contributed by atoms with Gasteiger partial charge in [0.1, 0.15) is 5.75 Å². The summed E-state index contributed by atoms with van der Waals surface area (Å²) in [4.78, 5) is 12.1. The fraction of sp³-hybridized carbons (Fsp3) is 0.500. The number of nitrogens with one attached hydrogen (secondary N) is 2. The Morgan fingerprint density at radius 2 is 2.06 bits per heavy atom. The molecule has 0 spiro atoms. The van der Waals surface area contributed by atoms with Gasteiger partial charge in [0.2, 0.25) is 5.91 Å². The van der Waals surface area contributed by atoms with Gasteiger partial charge in [0.25, 0.3) is 0 Å². The van der Waals surface area contributed by atoms with Crippen molar-refractivity contribution in [1.82, 2.24) is 5.32 Å². The maximum Gasteiger partial charge on any atom is 0.241 e. The summed E-state index contributed by atoms with van der Waals surface area (Å²) in [6, 6.07) is 7.34. The van der Waals surface area contributed by atoms with Crippen molar-refractivity contribution >= 4 is 11.6 Å². The summed E-state index contributed by atoms with van der Waals surface area (Å²) >= 11 is 0. The Morgan fingerprint density at radius 1 is 1.28 bits per heavy atom. The zero-order valence-corrected chi connectivity index (χ0v) is 10.7. The number of amides is 1. The van der Waals surface area contributed by atoms with Gasteiger partial charge >= 0.3 is 0 Å². The van der Waals surface area contributed by atoms with E-state index in [1.165, 1.54) is 6.42 Å². The summed E-state index contributed by atoms with van der Waals surface area (Å²) < 4.78 is 5.08. The number of hydrogen-bond acceptors (Lipinski definition) is 3. The second-order valence-electron chi connectivity index (χ2n) is 4.57. The molecule has 0 saturated carbocycles. The van der Waals surface area contributed by atoms with Crippen LogP contribution in [0.3, 0.4) is 0 Å². The number of anilines is 1. The van der Waals surface area contributed by atoms with Crippen molar-refractivity contribution in [3.8, 4) is 5.75 Å². The normalized spacial score (nSPS) is 19.9. The predicted octanol–water partition coefficient (Wildman–Crippen LogP) is 2.17. The van der Waals surface area contributed by atoms with Crippen LogP contribution >= 0.6 is 0 Å². The van der Waals surface area contributed by atoms with E-state index in [-0.39, 0.29) is 11.9 Å². The molecule has 1 aromatic rings. The van der Waals surface area contributed by atoms with Gasteiger partial charge < -0.3 is 15.4 Å². The third-order valence-corrected chi connectivity index (χ3v) is 3.23. The van der Waals surface area contributed by atoms with Gasteiger partial charge in [0.05, 0.1) is 13.2 Å². The Bertz CT molecular complexity index is 381. The van der Waals surface area contributed by atoms with Gasteiger partial charge in [-0.2, -0.15) is 0 Å². The Kier molecular flexibility index (Phi) is 4.59. The summed E-state index contributed by atoms with van der Waals surface area (Å²) in [6.45, 7) is 0.931. The summed E-state index contributed by atoms with van der Waals surface area (Å²) in [6.07, 6.45) is 4.40. The highest BCUT2D eigenvalue weighted by Crippen LogP contribution is 2.16. The fourth-order valence-corrected chi connectivity index (χ4v) is 2.16. The molecule has 0 aromatic heterocycles. The molecule has 1 fully saturated rings. The van der Waals surface area contributed by atoms with Crippen molar-refractivity contribution < 1.29 is 9.53 Å². The van der Waals surface area contributed by atoms with E-state index in [9.17, 15) is 4.79 Å². The number of hydrogen-bond donors (Lipinski definition) is 2. The molecule has 1 aliphatic rings. The minimum absolute atomic E-state index is 0.0575. The van der Waals surface area contributed by atoms with Crippen molar-refractivity contribution in [2.24, 2.45) is 0 Å². The second kappa shape index (κ2) is 6.40. The van der Waals surface area contributed by atoms with Crippen molar-refractivity contribution in [1.29, 1.82) is 0 Å². The highest BCUT2D eigenvalue weighted by molar-refractivity contribution is 5.94. The molecule has 1 aromatic carbocycles. The van der Waals surface area contributed by atoms with Gasteiger partial charge in [-0.05, 0) is 43.7 Å². The number of rotatable bonds is 3. The minimum Gasteiger partial charge on any atom is -0.497 e. The van der Waals surface area contributed by atoms with Crippen LogP contribution in [0.25, 0.3) is 0 Å². The van der Waals surface area contributed by atoms with Crippen molar-refractivity contribution in [2.45, 2.75) is 31.7 Å². The number of benzene rings is 1. The van der Waals surface area contributed by atoms with E-state index in [4.69, 9.17) is 4.74 Å². The van der Waals surface area contributed by atoms with E-state index in [0.717, 1.165) is 37.2 Å². The summed E-state index contributed by atoms with van der Waals surface area (Å²) in [5.74, 6) is 0.850.